The molecule has 1 fully saturated rings. The Labute approximate surface area is 196 Å². The zero-order valence-electron chi connectivity index (χ0n) is 19.9. The number of pyridine rings is 1. The number of amides is 1. The van der Waals surface area contributed by atoms with Gasteiger partial charge in [-0.2, -0.15) is 0 Å². The second kappa shape index (κ2) is 10.0. The van der Waals surface area contributed by atoms with Crippen molar-refractivity contribution in [1.82, 2.24) is 19.6 Å². The highest BCUT2D eigenvalue weighted by atomic mass is 16.2. The Morgan fingerprint density at radius 2 is 1.88 bits per heavy atom. The van der Waals surface area contributed by atoms with Crippen molar-refractivity contribution in [3.63, 3.8) is 0 Å². The largest absolute Gasteiger partial charge is 0.336 e. The third-order valence-corrected chi connectivity index (χ3v) is 6.30. The van der Waals surface area contributed by atoms with Gasteiger partial charge in [-0.1, -0.05) is 48.6 Å². The highest BCUT2D eigenvalue weighted by molar-refractivity contribution is 5.95. The van der Waals surface area contributed by atoms with E-state index < -0.39 is 0 Å². The summed E-state index contributed by atoms with van der Waals surface area (Å²) >= 11 is 0. The maximum absolute atomic E-state index is 13.0. The lowest BCUT2D eigenvalue weighted by molar-refractivity contribution is 0.0736. The van der Waals surface area contributed by atoms with Crippen LogP contribution in [0.1, 0.15) is 42.4 Å². The Balaban J connectivity index is 1.80. The fraction of sp³-hybridized carbons (Fsp3) is 0.286. The predicted octanol–water partition coefficient (Wildman–Crippen LogP) is 5.28. The van der Waals surface area contributed by atoms with Gasteiger partial charge in [0.2, 0.25) is 0 Å². The van der Waals surface area contributed by atoms with E-state index in [2.05, 4.69) is 73.0 Å². The number of rotatable bonds is 5. The number of imidazole rings is 1. The minimum Gasteiger partial charge on any atom is -0.336 e. The van der Waals surface area contributed by atoms with E-state index in [0.717, 1.165) is 54.3 Å². The van der Waals surface area contributed by atoms with E-state index in [9.17, 15) is 4.79 Å². The summed E-state index contributed by atoms with van der Waals surface area (Å²) in [5.41, 5.74) is 8.10. The molecule has 3 aromatic rings. The number of allylic oxidation sites excluding steroid dienone is 6. The van der Waals surface area contributed by atoms with E-state index >= 15 is 0 Å². The second-order valence-electron chi connectivity index (χ2n) is 8.36. The fourth-order valence-corrected chi connectivity index (χ4v) is 4.31. The lowest BCUT2D eigenvalue weighted by Crippen LogP contribution is -2.46. The lowest BCUT2D eigenvalue weighted by atomic mass is 9.92. The number of nitrogens with zero attached hydrogens (tertiary/aromatic N) is 3. The van der Waals surface area contributed by atoms with Gasteiger partial charge >= 0.3 is 0 Å². The van der Waals surface area contributed by atoms with Gasteiger partial charge in [-0.3, -0.25) is 4.79 Å². The summed E-state index contributed by atoms with van der Waals surface area (Å²) in [7, 11) is 0. The average Bonchev–Trinajstić information content (AvgIpc) is 3.19. The quantitative estimate of drug-likeness (QED) is 0.549. The molecule has 1 amide bonds. The zero-order chi connectivity index (χ0) is 23.4. The van der Waals surface area contributed by atoms with Crippen LogP contribution < -0.4 is 5.32 Å². The number of aryl methyl sites for hydroxylation is 1. The van der Waals surface area contributed by atoms with Crippen molar-refractivity contribution in [3.05, 3.63) is 89.3 Å². The summed E-state index contributed by atoms with van der Waals surface area (Å²) in [5, 5.41) is 3.30. The van der Waals surface area contributed by atoms with Crippen molar-refractivity contribution < 1.29 is 4.79 Å². The predicted molar refractivity (Wildman–Crippen MR) is 136 cm³/mol. The number of benzene rings is 1. The minimum atomic E-state index is 0.0712. The monoisotopic (exact) mass is 440 g/mol. The van der Waals surface area contributed by atoms with E-state index in [1.165, 1.54) is 11.1 Å². The van der Waals surface area contributed by atoms with Crippen molar-refractivity contribution >= 4 is 17.1 Å². The molecule has 0 radical (unpaired) electrons. The lowest BCUT2D eigenvalue weighted by Gasteiger charge is -2.27. The highest BCUT2D eigenvalue weighted by Gasteiger charge is 2.20. The number of hydrogen-bond donors (Lipinski definition) is 1. The molecule has 1 N–H and O–H groups in total. The van der Waals surface area contributed by atoms with E-state index in [-0.39, 0.29) is 5.91 Å². The van der Waals surface area contributed by atoms with Crippen LogP contribution in [-0.4, -0.2) is 46.4 Å². The van der Waals surface area contributed by atoms with Crippen LogP contribution in [-0.2, 0) is 0 Å². The molecule has 1 aliphatic heterocycles. The van der Waals surface area contributed by atoms with Crippen molar-refractivity contribution in [2.75, 3.05) is 26.2 Å². The molecule has 0 unspecified atom stereocenters. The Hall–Kier alpha value is -3.44. The molecule has 0 spiro atoms. The first-order chi connectivity index (χ1) is 16.0. The van der Waals surface area contributed by atoms with Gasteiger partial charge in [-0.25, -0.2) is 4.98 Å². The van der Waals surface area contributed by atoms with Gasteiger partial charge in [0.15, 0.2) is 0 Å². The number of fused-ring (bicyclic) bond motifs is 1. The topological polar surface area (TPSA) is 49.6 Å². The smallest absolute Gasteiger partial charge is 0.254 e. The van der Waals surface area contributed by atoms with Crippen LogP contribution in [0.15, 0.2) is 72.5 Å². The van der Waals surface area contributed by atoms with Crippen LogP contribution in [0.3, 0.4) is 0 Å². The molecule has 2 aromatic heterocycles. The maximum Gasteiger partial charge on any atom is 0.254 e. The molecule has 0 saturated carbocycles. The molecule has 1 saturated heterocycles. The summed E-state index contributed by atoms with van der Waals surface area (Å²) in [5.74, 6) is 0.0712. The molecule has 33 heavy (non-hydrogen) atoms. The van der Waals surface area contributed by atoms with Crippen molar-refractivity contribution in [3.8, 4) is 11.3 Å². The number of nitrogens with one attached hydrogen (secondary N) is 1. The molecule has 0 aliphatic carbocycles. The van der Waals surface area contributed by atoms with Crippen molar-refractivity contribution in [1.29, 1.82) is 0 Å². The van der Waals surface area contributed by atoms with Gasteiger partial charge in [0.05, 0.1) is 5.69 Å². The number of aromatic nitrogens is 2. The summed E-state index contributed by atoms with van der Waals surface area (Å²) < 4.78 is 2.07. The van der Waals surface area contributed by atoms with E-state index in [4.69, 9.17) is 4.98 Å². The first kappa shape index (κ1) is 22.7. The summed E-state index contributed by atoms with van der Waals surface area (Å²) in [6, 6.07) is 12.2. The third-order valence-electron chi connectivity index (χ3n) is 6.30. The molecule has 5 heteroatoms. The Morgan fingerprint density at radius 1 is 1.12 bits per heavy atom. The van der Waals surface area contributed by atoms with Crippen molar-refractivity contribution in [2.24, 2.45) is 0 Å². The number of carbonyl (C=O) groups is 1. The van der Waals surface area contributed by atoms with Crippen LogP contribution in [0.5, 0.6) is 0 Å². The normalized spacial score (nSPS) is 15.6. The SMILES string of the molecule is CC=C/C=C(\C(C)=C/C)c1ccccc1-c1nc2cc(C(=O)N3CCNCC3)ccn2c1C. The average molecular weight is 441 g/mol. The summed E-state index contributed by atoms with van der Waals surface area (Å²) in [6.07, 6.45) is 10.4. The Kier molecular flexibility index (Phi) is 6.90. The van der Waals surface area contributed by atoms with Gasteiger partial charge in [0.25, 0.3) is 5.91 Å². The van der Waals surface area contributed by atoms with Gasteiger partial charge in [-0.15, -0.1) is 0 Å². The molecular weight excluding hydrogens is 408 g/mol. The molecular formula is C28H32N4O. The number of carbonyl (C=O) groups excluding carboxylic acids is 1. The van der Waals surface area contributed by atoms with Gasteiger partial charge in [0.1, 0.15) is 5.65 Å². The van der Waals surface area contributed by atoms with Crippen molar-refractivity contribution in [2.45, 2.75) is 27.7 Å². The van der Waals surface area contributed by atoms with E-state index in [0.29, 0.717) is 5.56 Å². The second-order valence-corrected chi connectivity index (χ2v) is 8.36. The first-order valence-corrected chi connectivity index (χ1v) is 11.6. The van der Waals surface area contributed by atoms with E-state index in [1.54, 1.807) is 0 Å². The Bertz CT molecular complexity index is 1260. The Morgan fingerprint density at radius 3 is 2.61 bits per heavy atom. The molecule has 5 nitrogen and oxygen atoms in total. The molecule has 1 aliphatic rings. The molecule has 4 rings (SSSR count). The van der Waals surface area contributed by atoms with Gasteiger partial charge < -0.3 is 14.6 Å². The van der Waals surface area contributed by atoms with Crippen LogP contribution in [0.4, 0.5) is 0 Å². The standard InChI is InChI=1S/C28H32N4O/c1-5-7-10-23(20(3)6-2)24-11-8-9-12-25(24)27-21(4)32-16-13-22(19-26(32)30-27)28(33)31-17-14-29-15-18-31/h5-13,16,19,29H,14-15,17-18H2,1-4H3/b7-5?,20-6-,23-10+. The minimum absolute atomic E-state index is 0.0712. The van der Waals surface area contributed by atoms with Crippen LogP contribution in [0.25, 0.3) is 22.5 Å². The van der Waals surface area contributed by atoms with Crippen LogP contribution in [0, 0.1) is 6.92 Å². The van der Waals surface area contributed by atoms with Gasteiger partial charge in [0, 0.05) is 49.2 Å². The summed E-state index contributed by atoms with van der Waals surface area (Å²) in [6.45, 7) is 11.5. The molecule has 1 aromatic carbocycles. The third kappa shape index (κ3) is 4.55. The molecule has 0 atom stereocenters. The van der Waals surface area contributed by atoms with E-state index in [1.807, 2.05) is 36.2 Å². The number of piperazine rings is 1. The highest BCUT2D eigenvalue weighted by Crippen LogP contribution is 2.34. The van der Waals surface area contributed by atoms with Crippen LogP contribution >= 0.6 is 0 Å². The van der Waals surface area contributed by atoms with Gasteiger partial charge in [-0.05, 0) is 56.5 Å². The maximum atomic E-state index is 13.0. The molecule has 3 heterocycles. The fourth-order valence-electron chi connectivity index (χ4n) is 4.31. The first-order valence-electron chi connectivity index (χ1n) is 11.6. The number of hydrogen-bond acceptors (Lipinski definition) is 3. The molecule has 170 valence electrons. The summed E-state index contributed by atoms with van der Waals surface area (Å²) in [4.78, 5) is 19.9. The molecule has 0 bridgehead atoms. The van der Waals surface area contributed by atoms with Crippen LogP contribution in [0.2, 0.25) is 0 Å². The zero-order valence-corrected chi connectivity index (χ0v) is 19.9.